The molecule has 0 saturated carbocycles. The molecule has 6 nitrogen and oxygen atoms in total. The van der Waals surface area contributed by atoms with Crippen LogP contribution in [0.1, 0.15) is 22.4 Å². The number of hydrogen-bond donors (Lipinski definition) is 1. The Morgan fingerprint density at radius 2 is 2.07 bits per heavy atom. The largest absolute Gasteiger partial charge is 0.485 e. The minimum absolute atomic E-state index is 0.177. The number of nitrogens with zero attached hydrogens (tertiary/aromatic N) is 3. The number of benzene rings is 1. The minimum Gasteiger partial charge on any atom is -0.485 e. The molecule has 1 aliphatic rings. The highest BCUT2D eigenvalue weighted by Gasteiger charge is 2.09. The van der Waals surface area contributed by atoms with Crippen LogP contribution in [0.25, 0.3) is 0 Å². The monoisotopic (exact) mass is 396 g/mol. The van der Waals surface area contributed by atoms with Gasteiger partial charge in [0.25, 0.3) is 5.56 Å². The molecule has 0 spiro atoms. The first-order valence-electron chi connectivity index (χ1n) is 9.29. The lowest BCUT2D eigenvalue weighted by molar-refractivity contribution is 0.297. The molecule has 144 valence electrons. The summed E-state index contributed by atoms with van der Waals surface area (Å²) in [7, 11) is 0. The highest BCUT2D eigenvalue weighted by atomic mass is 35.5. The van der Waals surface area contributed by atoms with Crippen LogP contribution < -0.4 is 15.6 Å². The summed E-state index contributed by atoms with van der Waals surface area (Å²) in [5.41, 5.74) is 4.54. The first-order chi connectivity index (χ1) is 13.7. The van der Waals surface area contributed by atoms with E-state index in [1.165, 1.54) is 27.4 Å². The quantitative estimate of drug-likeness (QED) is 0.693. The van der Waals surface area contributed by atoms with Crippen molar-refractivity contribution in [3.05, 3.63) is 86.6 Å². The maximum Gasteiger partial charge on any atom is 0.270 e. The predicted molar refractivity (Wildman–Crippen MR) is 108 cm³/mol. The summed E-state index contributed by atoms with van der Waals surface area (Å²) in [6.07, 6.45) is 4.95. The van der Waals surface area contributed by atoms with E-state index in [0.717, 1.165) is 31.6 Å². The molecule has 3 heterocycles. The molecule has 0 fully saturated rings. The van der Waals surface area contributed by atoms with Gasteiger partial charge in [-0.25, -0.2) is 4.68 Å². The van der Waals surface area contributed by atoms with E-state index in [2.05, 4.69) is 33.6 Å². The molecule has 0 aliphatic carbocycles. The zero-order chi connectivity index (χ0) is 19.3. The van der Waals surface area contributed by atoms with Crippen LogP contribution in [0.5, 0.6) is 5.75 Å². The van der Waals surface area contributed by atoms with Crippen molar-refractivity contribution in [1.29, 1.82) is 0 Å². The Kier molecular flexibility index (Phi) is 5.69. The summed E-state index contributed by atoms with van der Waals surface area (Å²) in [4.78, 5) is 16.5. The topological polar surface area (TPSA) is 69.0 Å². The zero-order valence-electron chi connectivity index (χ0n) is 15.4. The maximum absolute atomic E-state index is 12.3. The second kappa shape index (κ2) is 8.54. The maximum atomic E-state index is 12.3. The highest BCUT2D eigenvalue weighted by Crippen LogP contribution is 2.16. The van der Waals surface area contributed by atoms with E-state index in [0.29, 0.717) is 17.3 Å². The molecule has 2 aromatic heterocycles. The van der Waals surface area contributed by atoms with E-state index >= 15 is 0 Å². The van der Waals surface area contributed by atoms with Gasteiger partial charge in [0.1, 0.15) is 12.4 Å². The molecule has 1 aliphatic heterocycles. The molecule has 28 heavy (non-hydrogen) atoms. The number of ether oxygens (including phenoxy) is 1. The Balaban J connectivity index is 1.36. The SMILES string of the molecule is O=c1cc(OCc2ccc(Cl)cn2)cnn1CCc1ccc2c(c1)CCNC2. The molecule has 0 bridgehead atoms. The number of pyridine rings is 1. The van der Waals surface area contributed by atoms with Crippen LogP contribution in [0.4, 0.5) is 0 Å². The molecule has 1 aromatic carbocycles. The molecular formula is C21H21ClN4O2. The smallest absolute Gasteiger partial charge is 0.270 e. The normalized spacial score (nSPS) is 13.2. The Hall–Kier alpha value is -2.70. The van der Waals surface area contributed by atoms with Gasteiger partial charge in [0.05, 0.1) is 16.9 Å². The number of halogens is 1. The van der Waals surface area contributed by atoms with Crippen molar-refractivity contribution in [2.75, 3.05) is 6.54 Å². The zero-order valence-corrected chi connectivity index (χ0v) is 16.2. The van der Waals surface area contributed by atoms with Crippen molar-refractivity contribution in [3.63, 3.8) is 0 Å². The summed E-state index contributed by atoms with van der Waals surface area (Å²) in [5.74, 6) is 0.430. The first kappa shape index (κ1) is 18.7. The molecule has 3 aromatic rings. The standard InChI is InChI=1S/C21H21ClN4O2/c22-18-3-4-19(24-12-18)14-28-20-10-21(27)26(25-13-20)8-6-15-1-2-17-11-23-7-5-16(17)9-15/h1-4,9-10,12-13,23H,5-8,11,14H2. The summed E-state index contributed by atoms with van der Waals surface area (Å²) in [6, 6.07) is 11.5. The van der Waals surface area contributed by atoms with Crippen molar-refractivity contribution < 1.29 is 4.74 Å². The summed E-state index contributed by atoms with van der Waals surface area (Å²) in [5, 5.41) is 8.18. The lowest BCUT2D eigenvalue weighted by atomic mass is 9.97. The molecule has 0 amide bonds. The molecule has 0 saturated heterocycles. The molecule has 4 rings (SSSR count). The molecule has 1 N–H and O–H groups in total. The van der Waals surface area contributed by atoms with Gasteiger partial charge in [0, 0.05) is 25.4 Å². The van der Waals surface area contributed by atoms with Crippen molar-refractivity contribution >= 4 is 11.6 Å². The van der Waals surface area contributed by atoms with E-state index in [4.69, 9.17) is 16.3 Å². The second-order valence-electron chi connectivity index (χ2n) is 6.79. The summed E-state index contributed by atoms with van der Waals surface area (Å²) in [6.45, 7) is 2.75. The third-order valence-corrected chi connectivity index (χ3v) is 5.01. The third kappa shape index (κ3) is 4.58. The molecule has 0 unspecified atom stereocenters. The minimum atomic E-state index is -0.177. The van der Waals surface area contributed by atoms with Gasteiger partial charge in [-0.3, -0.25) is 9.78 Å². The van der Waals surface area contributed by atoms with E-state index in [9.17, 15) is 4.79 Å². The van der Waals surface area contributed by atoms with E-state index < -0.39 is 0 Å². The van der Waals surface area contributed by atoms with Crippen molar-refractivity contribution in [3.8, 4) is 5.75 Å². The fourth-order valence-electron chi connectivity index (χ4n) is 3.23. The molecule has 0 radical (unpaired) electrons. The number of aromatic nitrogens is 3. The van der Waals surface area contributed by atoms with Crippen molar-refractivity contribution in [2.45, 2.75) is 32.5 Å². The van der Waals surface area contributed by atoms with Crippen LogP contribution in [0, 0.1) is 0 Å². The Morgan fingerprint density at radius 1 is 1.14 bits per heavy atom. The van der Waals surface area contributed by atoms with Crippen LogP contribution in [0.2, 0.25) is 5.02 Å². The van der Waals surface area contributed by atoms with Gasteiger partial charge in [-0.2, -0.15) is 5.10 Å². The van der Waals surface area contributed by atoms with E-state index in [1.54, 1.807) is 24.5 Å². The van der Waals surface area contributed by atoms with Crippen LogP contribution in [0.3, 0.4) is 0 Å². The Morgan fingerprint density at radius 3 is 2.89 bits per heavy atom. The number of fused-ring (bicyclic) bond motifs is 1. The fourth-order valence-corrected chi connectivity index (χ4v) is 3.35. The highest BCUT2D eigenvalue weighted by molar-refractivity contribution is 6.30. The Labute approximate surface area is 168 Å². The first-order valence-corrected chi connectivity index (χ1v) is 9.67. The lowest BCUT2D eigenvalue weighted by Gasteiger charge is -2.18. The fraction of sp³-hybridized carbons (Fsp3) is 0.286. The summed E-state index contributed by atoms with van der Waals surface area (Å²) < 4.78 is 7.07. The van der Waals surface area contributed by atoms with Gasteiger partial charge in [0.15, 0.2) is 0 Å². The number of hydrogen-bond acceptors (Lipinski definition) is 5. The van der Waals surface area contributed by atoms with Crippen LogP contribution in [-0.4, -0.2) is 21.3 Å². The number of nitrogens with one attached hydrogen (secondary N) is 1. The van der Waals surface area contributed by atoms with Crippen molar-refractivity contribution in [1.82, 2.24) is 20.1 Å². The molecule has 0 atom stereocenters. The average molecular weight is 397 g/mol. The average Bonchev–Trinajstić information content (AvgIpc) is 2.72. The second-order valence-corrected chi connectivity index (χ2v) is 7.23. The van der Waals surface area contributed by atoms with Crippen LogP contribution >= 0.6 is 11.6 Å². The number of aryl methyl sites for hydroxylation is 2. The third-order valence-electron chi connectivity index (χ3n) is 4.79. The molecular weight excluding hydrogens is 376 g/mol. The van der Waals surface area contributed by atoms with E-state index in [-0.39, 0.29) is 12.2 Å². The van der Waals surface area contributed by atoms with Crippen molar-refractivity contribution in [2.24, 2.45) is 0 Å². The molecule has 7 heteroatoms. The van der Waals surface area contributed by atoms with Crippen LogP contribution in [-0.2, 0) is 32.5 Å². The van der Waals surface area contributed by atoms with E-state index in [1.807, 2.05) is 0 Å². The van der Waals surface area contributed by atoms with Gasteiger partial charge < -0.3 is 10.1 Å². The van der Waals surface area contributed by atoms with Gasteiger partial charge >= 0.3 is 0 Å². The van der Waals surface area contributed by atoms with Gasteiger partial charge in [0.2, 0.25) is 0 Å². The lowest BCUT2D eigenvalue weighted by Crippen LogP contribution is -2.24. The van der Waals surface area contributed by atoms with Crippen LogP contribution in [0.15, 0.2) is 53.6 Å². The summed E-state index contributed by atoms with van der Waals surface area (Å²) >= 11 is 5.82. The Bertz CT molecular complexity index is 1020. The predicted octanol–water partition coefficient (Wildman–Crippen LogP) is 2.76. The van der Waals surface area contributed by atoms with Gasteiger partial charge in [-0.05, 0) is 48.2 Å². The number of rotatable bonds is 6. The van der Waals surface area contributed by atoms with Gasteiger partial charge in [-0.15, -0.1) is 0 Å². The van der Waals surface area contributed by atoms with Gasteiger partial charge in [-0.1, -0.05) is 29.8 Å².